The van der Waals surface area contributed by atoms with Gasteiger partial charge < -0.3 is 5.32 Å². The minimum Gasteiger partial charge on any atom is -0.346 e. The van der Waals surface area contributed by atoms with E-state index in [0.717, 1.165) is 11.1 Å². The molecule has 144 valence electrons. The van der Waals surface area contributed by atoms with Crippen molar-refractivity contribution in [2.24, 2.45) is 7.05 Å². The van der Waals surface area contributed by atoms with E-state index in [1.54, 1.807) is 25.6 Å². The van der Waals surface area contributed by atoms with Gasteiger partial charge in [0.05, 0.1) is 11.3 Å². The lowest BCUT2D eigenvalue weighted by Gasteiger charge is -2.26. The van der Waals surface area contributed by atoms with Gasteiger partial charge in [-0.05, 0) is 31.9 Å². The fraction of sp³-hybridized carbons (Fsp3) is 0.261. The van der Waals surface area contributed by atoms with Gasteiger partial charge in [0.1, 0.15) is 0 Å². The summed E-state index contributed by atoms with van der Waals surface area (Å²) in [7, 11) is 1.76. The van der Waals surface area contributed by atoms with E-state index in [9.17, 15) is 9.59 Å². The van der Waals surface area contributed by atoms with E-state index in [1.807, 2.05) is 67.6 Å². The lowest BCUT2D eigenvalue weighted by Crippen LogP contribution is -2.41. The summed E-state index contributed by atoms with van der Waals surface area (Å²) in [6.07, 6.45) is 0. The number of ketones is 1. The highest BCUT2D eigenvalue weighted by atomic mass is 16.2. The molecule has 1 heterocycles. The second-order valence-electron chi connectivity index (χ2n) is 7.06. The zero-order chi connectivity index (χ0) is 20.3. The van der Waals surface area contributed by atoms with E-state index in [2.05, 4.69) is 10.4 Å². The summed E-state index contributed by atoms with van der Waals surface area (Å²) in [6.45, 7) is 5.47. The average Bonchev–Trinajstić information content (AvgIpc) is 2.94. The van der Waals surface area contributed by atoms with E-state index in [0.29, 0.717) is 17.0 Å². The molecule has 28 heavy (non-hydrogen) atoms. The van der Waals surface area contributed by atoms with Crippen LogP contribution in [0.15, 0.2) is 60.7 Å². The lowest BCUT2D eigenvalue weighted by molar-refractivity contribution is -0.117. The van der Waals surface area contributed by atoms with E-state index in [4.69, 9.17) is 0 Å². The predicted molar refractivity (Wildman–Crippen MR) is 109 cm³/mol. The minimum absolute atomic E-state index is 0.0600. The summed E-state index contributed by atoms with van der Waals surface area (Å²) in [5.41, 5.74) is 3.80. The van der Waals surface area contributed by atoms with Crippen molar-refractivity contribution in [3.8, 4) is 0 Å². The monoisotopic (exact) mass is 375 g/mol. The first-order chi connectivity index (χ1) is 13.4. The quantitative estimate of drug-likeness (QED) is 0.529. The summed E-state index contributed by atoms with van der Waals surface area (Å²) in [4.78, 5) is 25.5. The molecule has 3 rings (SSSR count). The summed E-state index contributed by atoms with van der Waals surface area (Å²) in [5.74, 6) is -1.21. The largest absolute Gasteiger partial charge is 0.346 e. The molecule has 3 aromatic rings. The first-order valence-electron chi connectivity index (χ1n) is 9.35. The summed E-state index contributed by atoms with van der Waals surface area (Å²) < 4.78 is 1.62. The maximum Gasteiger partial charge on any atom is 0.292 e. The first kappa shape index (κ1) is 19.5. The van der Waals surface area contributed by atoms with Crippen molar-refractivity contribution in [3.05, 3.63) is 88.7 Å². The van der Waals surface area contributed by atoms with Gasteiger partial charge in [-0.1, -0.05) is 60.7 Å². The van der Waals surface area contributed by atoms with Crippen LogP contribution in [-0.2, 0) is 11.8 Å². The Bertz CT molecular complexity index is 938. The third kappa shape index (κ3) is 3.88. The number of aryl methyl sites for hydroxylation is 2. The van der Waals surface area contributed by atoms with Crippen LogP contribution >= 0.6 is 0 Å². The Morgan fingerprint density at radius 2 is 1.43 bits per heavy atom. The molecule has 5 nitrogen and oxygen atoms in total. The second kappa shape index (κ2) is 8.21. The topological polar surface area (TPSA) is 64.0 Å². The molecule has 0 saturated heterocycles. The molecule has 0 fully saturated rings. The Hall–Kier alpha value is -3.21. The summed E-state index contributed by atoms with van der Waals surface area (Å²) in [6, 6.07) is 19.7. The van der Waals surface area contributed by atoms with Crippen molar-refractivity contribution in [1.82, 2.24) is 15.1 Å². The molecule has 0 radical (unpaired) electrons. The van der Waals surface area contributed by atoms with Gasteiger partial charge in [-0.25, -0.2) is 0 Å². The molecule has 1 atom stereocenters. The molecule has 2 aromatic carbocycles. The van der Waals surface area contributed by atoms with Crippen LogP contribution in [-0.4, -0.2) is 27.5 Å². The van der Waals surface area contributed by atoms with E-state index >= 15 is 0 Å². The molecule has 1 unspecified atom stereocenters. The van der Waals surface area contributed by atoms with Crippen LogP contribution in [0.3, 0.4) is 0 Å². The van der Waals surface area contributed by atoms with Crippen molar-refractivity contribution in [2.75, 3.05) is 0 Å². The lowest BCUT2D eigenvalue weighted by atomic mass is 9.85. The van der Waals surface area contributed by atoms with Gasteiger partial charge >= 0.3 is 0 Å². The average molecular weight is 375 g/mol. The normalized spacial score (nSPS) is 12.0. The fourth-order valence-electron chi connectivity index (χ4n) is 3.66. The molecule has 0 aliphatic carbocycles. The van der Waals surface area contributed by atoms with Crippen molar-refractivity contribution < 1.29 is 9.59 Å². The third-order valence-electron chi connectivity index (χ3n) is 5.12. The molecule has 0 spiro atoms. The van der Waals surface area contributed by atoms with Crippen LogP contribution in [0.25, 0.3) is 0 Å². The molecule has 0 saturated carbocycles. The van der Waals surface area contributed by atoms with Gasteiger partial charge in [0.25, 0.3) is 11.7 Å². The van der Waals surface area contributed by atoms with Gasteiger partial charge in [0.2, 0.25) is 0 Å². The van der Waals surface area contributed by atoms with Crippen molar-refractivity contribution >= 4 is 11.7 Å². The number of hydrogen-bond acceptors (Lipinski definition) is 3. The number of aromatic nitrogens is 2. The number of nitrogens with one attached hydrogen (secondary N) is 1. The van der Waals surface area contributed by atoms with E-state index in [-0.39, 0.29) is 12.0 Å². The van der Waals surface area contributed by atoms with Crippen LogP contribution in [0, 0.1) is 13.8 Å². The molecular formula is C23H25N3O2. The zero-order valence-corrected chi connectivity index (χ0v) is 16.6. The SMILES string of the molecule is Cc1nn(C)c(C)c1C(=O)C(=O)NC(C)C(c1ccccc1)c1ccccc1. The van der Waals surface area contributed by atoms with Crippen LogP contribution < -0.4 is 5.32 Å². The smallest absolute Gasteiger partial charge is 0.292 e. The number of Topliss-reactive ketones (excluding diaryl/α,β-unsaturated/α-hetero) is 1. The third-order valence-corrected chi connectivity index (χ3v) is 5.12. The molecular weight excluding hydrogens is 350 g/mol. The van der Waals surface area contributed by atoms with Crippen LogP contribution in [0.2, 0.25) is 0 Å². The highest BCUT2D eigenvalue weighted by Gasteiger charge is 2.28. The Morgan fingerprint density at radius 3 is 1.86 bits per heavy atom. The minimum atomic E-state index is -0.608. The van der Waals surface area contributed by atoms with Gasteiger partial charge in [0, 0.05) is 24.7 Å². The van der Waals surface area contributed by atoms with E-state index in [1.165, 1.54) is 0 Å². The first-order valence-corrected chi connectivity index (χ1v) is 9.35. The van der Waals surface area contributed by atoms with Gasteiger partial charge in [-0.3, -0.25) is 14.3 Å². The van der Waals surface area contributed by atoms with Crippen molar-refractivity contribution in [2.45, 2.75) is 32.7 Å². The number of carbonyl (C=O) groups excluding carboxylic acids is 2. The summed E-state index contributed by atoms with van der Waals surface area (Å²) in [5, 5.41) is 7.15. The van der Waals surface area contributed by atoms with Crippen LogP contribution in [0.1, 0.15) is 45.7 Å². The van der Waals surface area contributed by atoms with Crippen LogP contribution in [0.5, 0.6) is 0 Å². The second-order valence-corrected chi connectivity index (χ2v) is 7.06. The number of amides is 1. The van der Waals surface area contributed by atoms with Gasteiger partial charge in [0.15, 0.2) is 0 Å². The van der Waals surface area contributed by atoms with Crippen LogP contribution in [0.4, 0.5) is 0 Å². The highest BCUT2D eigenvalue weighted by molar-refractivity contribution is 6.43. The molecule has 1 aromatic heterocycles. The number of benzene rings is 2. The Labute approximate surface area is 165 Å². The number of carbonyl (C=O) groups is 2. The maximum atomic E-state index is 12.8. The van der Waals surface area contributed by atoms with Crippen molar-refractivity contribution in [3.63, 3.8) is 0 Å². The van der Waals surface area contributed by atoms with Gasteiger partial charge in [-0.15, -0.1) is 0 Å². The zero-order valence-electron chi connectivity index (χ0n) is 16.6. The van der Waals surface area contributed by atoms with Crippen molar-refractivity contribution in [1.29, 1.82) is 0 Å². The number of rotatable bonds is 6. The maximum absolute atomic E-state index is 12.8. The standard InChI is InChI=1S/C23H25N3O2/c1-15(24-23(28)22(27)20-16(2)25-26(4)17(20)3)21(18-11-7-5-8-12-18)19-13-9-6-10-14-19/h5-15,21H,1-4H3,(H,24,28). The Morgan fingerprint density at radius 1 is 0.929 bits per heavy atom. The Kier molecular flexibility index (Phi) is 5.73. The molecule has 5 heteroatoms. The Balaban J connectivity index is 1.87. The molecule has 0 aliphatic rings. The highest BCUT2D eigenvalue weighted by Crippen LogP contribution is 2.28. The summed E-state index contributed by atoms with van der Waals surface area (Å²) >= 11 is 0. The molecule has 0 aliphatic heterocycles. The predicted octanol–water partition coefficient (Wildman–Crippen LogP) is 3.56. The molecule has 1 amide bonds. The number of hydrogen-bond donors (Lipinski definition) is 1. The fourth-order valence-corrected chi connectivity index (χ4v) is 3.66. The van der Waals surface area contributed by atoms with Gasteiger partial charge in [-0.2, -0.15) is 5.10 Å². The van der Waals surface area contributed by atoms with E-state index < -0.39 is 11.7 Å². The molecule has 0 bridgehead atoms. The molecule has 1 N–H and O–H groups in total. The number of nitrogens with zero attached hydrogens (tertiary/aromatic N) is 2.